The lowest BCUT2D eigenvalue weighted by molar-refractivity contribution is -0.127. The summed E-state index contributed by atoms with van der Waals surface area (Å²) >= 11 is 0. The van der Waals surface area contributed by atoms with Crippen molar-refractivity contribution in [1.82, 2.24) is 20.0 Å². The normalized spacial score (nSPS) is 12.8. The van der Waals surface area contributed by atoms with E-state index in [9.17, 15) is 19.5 Å². The zero-order chi connectivity index (χ0) is 26.5. The van der Waals surface area contributed by atoms with Crippen LogP contribution in [0.25, 0.3) is 28.0 Å². The first-order valence-electron chi connectivity index (χ1n) is 12.1. The average Bonchev–Trinajstić information content (AvgIpc) is 3.06. The average molecular weight is 503 g/mol. The fourth-order valence-corrected chi connectivity index (χ4v) is 4.31. The third-order valence-electron chi connectivity index (χ3n) is 6.18. The number of amidine groups is 1. The van der Waals surface area contributed by atoms with Gasteiger partial charge in [0.25, 0.3) is 5.56 Å². The molecule has 2 heterocycles. The number of aliphatic hydroxyl groups excluding tert-OH is 1. The molecule has 0 unspecified atom stereocenters. The van der Waals surface area contributed by atoms with Gasteiger partial charge in [-0.1, -0.05) is 25.1 Å². The monoisotopic (exact) mass is 502 g/mol. The maximum atomic E-state index is 13.1. The number of hydrogen-bond acceptors (Lipinski definition) is 7. The van der Waals surface area contributed by atoms with Crippen LogP contribution in [0.15, 0.2) is 58.0 Å². The summed E-state index contributed by atoms with van der Waals surface area (Å²) in [5.41, 5.74) is 9.50. The molecular formula is C27H30N6O4. The standard InChI is InChI=1S/C27H30N6O4/c1-3-8-32(9-10-34)26(36)20-12-19-5-4-18(13-23(19)31-24(28)14-20)17-6-7-22-21(11-17)15-30-33(27(22)37)16-25(35)29-2/h4-7,11-13,15,34H,3,8-10,14,16H2,1-2H3,(H2,28,31)(H,29,35). The maximum Gasteiger partial charge on any atom is 0.275 e. The van der Waals surface area contributed by atoms with Crippen LogP contribution in [-0.2, 0) is 16.1 Å². The van der Waals surface area contributed by atoms with E-state index in [1.54, 1.807) is 17.2 Å². The van der Waals surface area contributed by atoms with E-state index in [0.29, 0.717) is 34.4 Å². The molecule has 37 heavy (non-hydrogen) atoms. The van der Waals surface area contributed by atoms with Crippen molar-refractivity contribution >= 4 is 40.2 Å². The van der Waals surface area contributed by atoms with Gasteiger partial charge < -0.3 is 21.1 Å². The minimum Gasteiger partial charge on any atom is -0.395 e. The number of aliphatic hydroxyl groups is 1. The van der Waals surface area contributed by atoms with Crippen LogP contribution >= 0.6 is 0 Å². The largest absolute Gasteiger partial charge is 0.395 e. The molecule has 2 amide bonds. The third kappa shape index (κ3) is 5.59. The zero-order valence-corrected chi connectivity index (χ0v) is 20.9. The summed E-state index contributed by atoms with van der Waals surface area (Å²) in [5, 5.41) is 17.1. The summed E-state index contributed by atoms with van der Waals surface area (Å²) < 4.78 is 1.13. The van der Waals surface area contributed by atoms with Crippen LogP contribution in [0.4, 0.5) is 5.69 Å². The number of nitrogens with zero attached hydrogens (tertiary/aromatic N) is 4. The number of amides is 2. The molecule has 0 radical (unpaired) electrons. The van der Waals surface area contributed by atoms with Gasteiger partial charge in [0, 0.05) is 43.1 Å². The highest BCUT2D eigenvalue weighted by Gasteiger charge is 2.21. The number of benzene rings is 2. The van der Waals surface area contributed by atoms with Crippen LogP contribution in [0.2, 0.25) is 0 Å². The van der Waals surface area contributed by atoms with Crippen molar-refractivity contribution in [1.29, 1.82) is 0 Å². The molecule has 10 nitrogen and oxygen atoms in total. The molecule has 2 aromatic carbocycles. The lowest BCUT2D eigenvalue weighted by Crippen LogP contribution is -2.36. The Hall–Kier alpha value is -4.31. The quantitative estimate of drug-likeness (QED) is 0.429. The summed E-state index contributed by atoms with van der Waals surface area (Å²) in [6, 6.07) is 11.1. The highest BCUT2D eigenvalue weighted by molar-refractivity contribution is 6.05. The molecule has 4 rings (SSSR count). The molecule has 0 saturated carbocycles. The van der Waals surface area contributed by atoms with E-state index in [1.807, 2.05) is 43.3 Å². The maximum absolute atomic E-state index is 13.1. The van der Waals surface area contributed by atoms with E-state index in [-0.39, 0.29) is 43.5 Å². The summed E-state index contributed by atoms with van der Waals surface area (Å²) in [4.78, 5) is 43.7. The lowest BCUT2D eigenvalue weighted by Gasteiger charge is -2.22. The second kappa shape index (κ2) is 11.2. The molecule has 0 atom stereocenters. The molecule has 0 saturated heterocycles. The molecule has 1 aliphatic rings. The summed E-state index contributed by atoms with van der Waals surface area (Å²) in [5.74, 6) is -0.133. The van der Waals surface area contributed by atoms with Crippen molar-refractivity contribution in [3.8, 4) is 11.1 Å². The molecule has 4 N–H and O–H groups in total. The van der Waals surface area contributed by atoms with Gasteiger partial charge in [-0.25, -0.2) is 9.67 Å². The molecule has 0 bridgehead atoms. The Morgan fingerprint density at radius 2 is 1.92 bits per heavy atom. The van der Waals surface area contributed by atoms with Crippen LogP contribution < -0.4 is 16.6 Å². The summed E-state index contributed by atoms with van der Waals surface area (Å²) in [6.07, 6.45) is 4.38. The second-order valence-corrected chi connectivity index (χ2v) is 8.82. The minimum absolute atomic E-state index is 0.105. The molecule has 0 aliphatic carbocycles. The first kappa shape index (κ1) is 25.8. The van der Waals surface area contributed by atoms with Crippen molar-refractivity contribution in [3.63, 3.8) is 0 Å². The molecule has 0 fully saturated rings. The fraction of sp³-hybridized carbons (Fsp3) is 0.296. The third-order valence-corrected chi connectivity index (χ3v) is 6.18. The van der Waals surface area contributed by atoms with Gasteiger partial charge in [0.1, 0.15) is 12.4 Å². The number of carbonyl (C=O) groups excluding carboxylic acids is 2. The lowest BCUT2D eigenvalue weighted by atomic mass is 9.99. The summed E-state index contributed by atoms with van der Waals surface area (Å²) in [7, 11) is 1.51. The highest BCUT2D eigenvalue weighted by atomic mass is 16.3. The molecule has 1 aliphatic heterocycles. The fourth-order valence-electron chi connectivity index (χ4n) is 4.31. The molecule has 3 aromatic rings. The van der Waals surface area contributed by atoms with Gasteiger partial charge >= 0.3 is 0 Å². The second-order valence-electron chi connectivity index (χ2n) is 8.82. The molecule has 192 valence electrons. The number of hydrogen-bond donors (Lipinski definition) is 3. The molecular weight excluding hydrogens is 472 g/mol. The van der Waals surface area contributed by atoms with E-state index in [2.05, 4.69) is 15.4 Å². The number of nitrogens with two attached hydrogens (primary N) is 1. The Balaban J connectivity index is 1.68. The van der Waals surface area contributed by atoms with Crippen LogP contribution in [0.5, 0.6) is 0 Å². The number of nitrogens with one attached hydrogen (secondary N) is 1. The van der Waals surface area contributed by atoms with E-state index in [4.69, 9.17) is 5.73 Å². The van der Waals surface area contributed by atoms with Crippen LogP contribution in [-0.4, -0.2) is 64.2 Å². The van der Waals surface area contributed by atoms with Crippen molar-refractivity contribution < 1.29 is 14.7 Å². The van der Waals surface area contributed by atoms with Crippen LogP contribution in [0.1, 0.15) is 25.3 Å². The minimum atomic E-state index is -0.340. The van der Waals surface area contributed by atoms with E-state index >= 15 is 0 Å². The predicted octanol–water partition coefficient (Wildman–Crippen LogP) is 1.82. The predicted molar refractivity (Wildman–Crippen MR) is 143 cm³/mol. The Bertz CT molecular complexity index is 1470. The van der Waals surface area contributed by atoms with Crippen molar-refractivity contribution in [3.05, 3.63) is 64.1 Å². The van der Waals surface area contributed by atoms with E-state index in [1.165, 1.54) is 7.05 Å². The summed E-state index contributed by atoms with van der Waals surface area (Å²) in [6.45, 7) is 2.54. The number of aromatic nitrogens is 2. The van der Waals surface area contributed by atoms with Gasteiger partial charge in [-0.15, -0.1) is 0 Å². The Kier molecular flexibility index (Phi) is 7.78. The number of fused-ring (bicyclic) bond motifs is 2. The van der Waals surface area contributed by atoms with Gasteiger partial charge in [-0.2, -0.15) is 5.10 Å². The number of rotatable bonds is 8. The topological polar surface area (TPSA) is 143 Å². The molecule has 0 spiro atoms. The van der Waals surface area contributed by atoms with Crippen molar-refractivity contribution in [2.24, 2.45) is 10.7 Å². The van der Waals surface area contributed by atoms with Gasteiger partial charge in [0.05, 0.1) is 23.9 Å². The Labute approximate surface area is 214 Å². The van der Waals surface area contributed by atoms with Gasteiger partial charge in [-0.05, 0) is 41.8 Å². The van der Waals surface area contributed by atoms with E-state index in [0.717, 1.165) is 27.8 Å². The Morgan fingerprint density at radius 1 is 1.16 bits per heavy atom. The first-order chi connectivity index (χ1) is 17.8. The molecule has 1 aromatic heterocycles. The first-order valence-corrected chi connectivity index (χ1v) is 12.1. The Morgan fingerprint density at radius 3 is 2.65 bits per heavy atom. The smallest absolute Gasteiger partial charge is 0.275 e. The number of aliphatic imine (C=N–C) groups is 1. The zero-order valence-electron chi connectivity index (χ0n) is 20.9. The molecule has 10 heteroatoms. The van der Waals surface area contributed by atoms with Gasteiger partial charge in [0.2, 0.25) is 11.8 Å². The van der Waals surface area contributed by atoms with E-state index < -0.39 is 0 Å². The van der Waals surface area contributed by atoms with Crippen LogP contribution in [0.3, 0.4) is 0 Å². The van der Waals surface area contributed by atoms with Crippen LogP contribution in [0, 0.1) is 0 Å². The van der Waals surface area contributed by atoms with Crippen molar-refractivity contribution in [2.45, 2.75) is 26.3 Å². The number of likely N-dealkylation sites (N-methyl/N-ethyl adjacent to an activating group) is 1. The van der Waals surface area contributed by atoms with Gasteiger partial charge in [-0.3, -0.25) is 14.4 Å². The number of carbonyl (C=O) groups is 2. The van der Waals surface area contributed by atoms with Crippen molar-refractivity contribution in [2.75, 3.05) is 26.7 Å². The SMILES string of the molecule is CCCN(CCO)C(=O)C1=Cc2ccc(-c3ccc4c(=O)n(CC(=O)NC)ncc4c3)cc2N=C(N)C1. The highest BCUT2D eigenvalue weighted by Crippen LogP contribution is 2.32. The van der Waals surface area contributed by atoms with Gasteiger partial charge in [0.15, 0.2) is 0 Å².